The Kier molecular flexibility index (Phi) is 12.2. The average Bonchev–Trinajstić information content (AvgIpc) is 2.95. The molecule has 0 saturated carbocycles. The van der Waals surface area contributed by atoms with E-state index in [0.717, 1.165) is 23.1 Å². The summed E-state index contributed by atoms with van der Waals surface area (Å²) < 4.78 is 11.4. The van der Waals surface area contributed by atoms with E-state index in [1.54, 1.807) is 17.0 Å². The predicted molar refractivity (Wildman–Crippen MR) is 156 cm³/mol. The molecule has 1 unspecified atom stereocenters. The SMILES string of the molecule is CCCNC(=O)C(Cc1ccccc1)N(Cc1ccc(Cl)cc1)C(=O)CCc1ccc(OCC)c(OCC)c1. The second-order valence-corrected chi connectivity index (χ2v) is 9.73. The molecule has 0 heterocycles. The van der Waals surface area contributed by atoms with Crippen molar-refractivity contribution in [3.05, 3.63) is 94.5 Å². The lowest BCUT2D eigenvalue weighted by atomic mass is 10.0. The number of aryl methyl sites for hydroxylation is 1. The molecule has 0 spiro atoms. The fourth-order valence-corrected chi connectivity index (χ4v) is 4.48. The quantitative estimate of drug-likeness (QED) is 0.243. The molecule has 0 bridgehead atoms. The summed E-state index contributed by atoms with van der Waals surface area (Å²) in [6.45, 7) is 7.79. The number of carbonyl (C=O) groups excluding carboxylic acids is 2. The highest BCUT2D eigenvalue weighted by molar-refractivity contribution is 6.30. The van der Waals surface area contributed by atoms with Crippen molar-refractivity contribution >= 4 is 23.4 Å². The third-order valence-corrected chi connectivity index (χ3v) is 6.57. The first kappa shape index (κ1) is 30.0. The summed E-state index contributed by atoms with van der Waals surface area (Å²) >= 11 is 6.11. The molecule has 3 rings (SSSR count). The molecule has 0 saturated heterocycles. The Morgan fingerprint density at radius 1 is 0.846 bits per heavy atom. The molecule has 0 aliphatic heterocycles. The molecule has 0 aliphatic carbocycles. The molecule has 3 aromatic carbocycles. The third-order valence-electron chi connectivity index (χ3n) is 6.32. The van der Waals surface area contributed by atoms with Crippen LogP contribution in [0.5, 0.6) is 11.5 Å². The minimum Gasteiger partial charge on any atom is -0.490 e. The Morgan fingerprint density at radius 3 is 2.18 bits per heavy atom. The van der Waals surface area contributed by atoms with Crippen molar-refractivity contribution in [2.45, 2.75) is 59.0 Å². The van der Waals surface area contributed by atoms with Crippen molar-refractivity contribution in [2.75, 3.05) is 19.8 Å². The maximum Gasteiger partial charge on any atom is 0.243 e. The van der Waals surface area contributed by atoms with Crippen molar-refractivity contribution in [1.82, 2.24) is 10.2 Å². The Morgan fingerprint density at radius 2 is 1.51 bits per heavy atom. The number of amides is 2. The standard InChI is InChI=1S/C32H39ClN2O4/c1-4-20-34-32(37)28(21-24-10-8-7-9-11-24)35(23-26-12-16-27(33)17-13-26)31(36)19-15-25-14-18-29(38-5-2)30(22-25)39-6-3/h7-14,16-18,22,28H,4-6,15,19-21,23H2,1-3H3,(H,34,37). The van der Waals surface area contributed by atoms with E-state index in [4.69, 9.17) is 21.1 Å². The Bertz CT molecular complexity index is 1180. The number of hydrogen-bond donors (Lipinski definition) is 1. The zero-order chi connectivity index (χ0) is 28.0. The monoisotopic (exact) mass is 550 g/mol. The molecule has 0 fully saturated rings. The van der Waals surface area contributed by atoms with Crippen molar-refractivity contribution in [3.63, 3.8) is 0 Å². The lowest BCUT2D eigenvalue weighted by molar-refractivity contribution is -0.141. The molecular formula is C32H39ClN2O4. The van der Waals surface area contributed by atoms with Crippen LogP contribution < -0.4 is 14.8 Å². The van der Waals surface area contributed by atoms with Crippen LogP contribution in [0.4, 0.5) is 0 Å². The van der Waals surface area contributed by atoms with Crippen LogP contribution in [-0.4, -0.2) is 42.5 Å². The van der Waals surface area contributed by atoms with E-state index in [9.17, 15) is 9.59 Å². The second-order valence-electron chi connectivity index (χ2n) is 9.29. The van der Waals surface area contributed by atoms with Crippen molar-refractivity contribution in [3.8, 4) is 11.5 Å². The van der Waals surface area contributed by atoms with Gasteiger partial charge in [0.15, 0.2) is 11.5 Å². The molecular weight excluding hydrogens is 512 g/mol. The molecule has 6 nitrogen and oxygen atoms in total. The third kappa shape index (κ3) is 9.32. The number of nitrogens with one attached hydrogen (secondary N) is 1. The molecule has 1 N–H and O–H groups in total. The van der Waals surface area contributed by atoms with E-state index < -0.39 is 6.04 Å². The summed E-state index contributed by atoms with van der Waals surface area (Å²) in [5.41, 5.74) is 2.88. The van der Waals surface area contributed by atoms with Gasteiger partial charge in [0.25, 0.3) is 0 Å². The first-order valence-electron chi connectivity index (χ1n) is 13.7. The lowest BCUT2D eigenvalue weighted by Gasteiger charge is -2.31. The summed E-state index contributed by atoms with van der Waals surface area (Å²) in [6, 6.07) is 22.3. The highest BCUT2D eigenvalue weighted by Gasteiger charge is 2.30. The summed E-state index contributed by atoms with van der Waals surface area (Å²) in [5, 5.41) is 3.64. The van der Waals surface area contributed by atoms with E-state index in [1.807, 2.05) is 81.4 Å². The molecule has 3 aromatic rings. The fourth-order valence-electron chi connectivity index (χ4n) is 4.35. The van der Waals surface area contributed by atoms with Crippen LogP contribution in [0.3, 0.4) is 0 Å². The molecule has 39 heavy (non-hydrogen) atoms. The van der Waals surface area contributed by atoms with Crippen molar-refractivity contribution in [1.29, 1.82) is 0 Å². The van der Waals surface area contributed by atoms with Crippen LogP contribution in [0.15, 0.2) is 72.8 Å². The van der Waals surface area contributed by atoms with E-state index >= 15 is 0 Å². The number of carbonyl (C=O) groups is 2. The second kappa shape index (κ2) is 15.8. The summed E-state index contributed by atoms with van der Waals surface area (Å²) in [4.78, 5) is 29.0. The van der Waals surface area contributed by atoms with Gasteiger partial charge >= 0.3 is 0 Å². The molecule has 0 aromatic heterocycles. The Balaban J connectivity index is 1.87. The smallest absolute Gasteiger partial charge is 0.243 e. The number of nitrogens with zero attached hydrogens (tertiary/aromatic N) is 1. The summed E-state index contributed by atoms with van der Waals surface area (Å²) in [7, 11) is 0. The molecule has 7 heteroatoms. The Labute approximate surface area is 237 Å². The van der Waals surface area contributed by atoms with Gasteiger partial charge in [-0.1, -0.05) is 67.1 Å². The number of halogens is 1. The zero-order valence-corrected chi connectivity index (χ0v) is 23.9. The van der Waals surface area contributed by atoms with Crippen LogP contribution in [0, 0.1) is 0 Å². The van der Waals surface area contributed by atoms with Gasteiger partial charge in [-0.15, -0.1) is 0 Å². The highest BCUT2D eigenvalue weighted by atomic mass is 35.5. The molecule has 0 radical (unpaired) electrons. The minimum atomic E-state index is -0.651. The van der Waals surface area contributed by atoms with Crippen LogP contribution in [0.2, 0.25) is 5.02 Å². The lowest BCUT2D eigenvalue weighted by Crippen LogP contribution is -2.50. The van der Waals surface area contributed by atoms with Gasteiger partial charge in [0, 0.05) is 31.0 Å². The van der Waals surface area contributed by atoms with Crippen molar-refractivity contribution < 1.29 is 19.1 Å². The van der Waals surface area contributed by atoms with Gasteiger partial charge in [0.05, 0.1) is 13.2 Å². The summed E-state index contributed by atoms with van der Waals surface area (Å²) in [5.74, 6) is 1.12. The van der Waals surface area contributed by atoms with Gasteiger partial charge in [-0.05, 0) is 67.6 Å². The first-order chi connectivity index (χ1) is 18.9. The molecule has 2 amide bonds. The van der Waals surface area contributed by atoms with Gasteiger partial charge in [-0.3, -0.25) is 9.59 Å². The summed E-state index contributed by atoms with van der Waals surface area (Å²) in [6.07, 6.45) is 2.00. The maximum atomic E-state index is 13.8. The average molecular weight is 551 g/mol. The normalized spacial score (nSPS) is 11.5. The fraction of sp³-hybridized carbons (Fsp3) is 0.375. The van der Waals surface area contributed by atoms with E-state index in [-0.39, 0.29) is 18.2 Å². The predicted octanol–water partition coefficient (Wildman–Crippen LogP) is 6.24. The number of ether oxygens (including phenoxy) is 2. The van der Waals surface area contributed by atoms with Crippen LogP contribution in [-0.2, 0) is 29.0 Å². The maximum absolute atomic E-state index is 13.8. The molecule has 208 valence electrons. The Hall–Kier alpha value is -3.51. The number of hydrogen-bond acceptors (Lipinski definition) is 4. The highest BCUT2D eigenvalue weighted by Crippen LogP contribution is 2.29. The van der Waals surface area contributed by atoms with Gasteiger partial charge in [0.2, 0.25) is 11.8 Å². The van der Waals surface area contributed by atoms with Gasteiger partial charge in [-0.25, -0.2) is 0 Å². The zero-order valence-electron chi connectivity index (χ0n) is 23.1. The van der Waals surface area contributed by atoms with Crippen LogP contribution in [0.1, 0.15) is 50.3 Å². The van der Waals surface area contributed by atoms with Crippen LogP contribution in [0.25, 0.3) is 0 Å². The number of rotatable bonds is 15. The van der Waals surface area contributed by atoms with E-state index in [1.165, 1.54) is 0 Å². The van der Waals surface area contributed by atoms with Gasteiger partial charge < -0.3 is 19.7 Å². The van der Waals surface area contributed by atoms with Gasteiger partial charge in [-0.2, -0.15) is 0 Å². The minimum absolute atomic E-state index is 0.0932. The van der Waals surface area contributed by atoms with Gasteiger partial charge in [0.1, 0.15) is 6.04 Å². The first-order valence-corrected chi connectivity index (χ1v) is 14.1. The topological polar surface area (TPSA) is 67.9 Å². The van der Waals surface area contributed by atoms with Crippen LogP contribution >= 0.6 is 11.6 Å². The largest absolute Gasteiger partial charge is 0.490 e. The molecule has 0 aliphatic rings. The molecule has 1 atom stereocenters. The van der Waals surface area contributed by atoms with E-state index in [2.05, 4.69) is 5.32 Å². The van der Waals surface area contributed by atoms with E-state index in [0.29, 0.717) is 55.7 Å². The van der Waals surface area contributed by atoms with Crippen molar-refractivity contribution in [2.24, 2.45) is 0 Å². The number of benzene rings is 3.